The number of carbonyl (C=O) groups excluding carboxylic acids is 1. The second-order valence-corrected chi connectivity index (χ2v) is 4.66. The molecular formula is C14H11N3O3. The van der Waals surface area contributed by atoms with Gasteiger partial charge in [-0.1, -0.05) is 6.07 Å². The molecule has 0 atom stereocenters. The highest BCUT2D eigenvalue weighted by atomic mass is 16.4. The average Bonchev–Trinajstić information content (AvgIpc) is 2.77. The summed E-state index contributed by atoms with van der Waals surface area (Å²) in [4.78, 5) is 22.2. The van der Waals surface area contributed by atoms with Crippen molar-refractivity contribution in [1.29, 1.82) is 0 Å². The van der Waals surface area contributed by atoms with E-state index in [9.17, 15) is 9.59 Å². The van der Waals surface area contributed by atoms with Crippen LogP contribution in [0.4, 0.5) is 5.69 Å². The summed E-state index contributed by atoms with van der Waals surface area (Å²) in [7, 11) is 0. The molecule has 1 aromatic heterocycles. The van der Waals surface area contributed by atoms with Crippen LogP contribution in [0.25, 0.3) is 11.3 Å². The van der Waals surface area contributed by atoms with Crippen molar-refractivity contribution in [1.82, 2.24) is 10.2 Å². The van der Waals surface area contributed by atoms with E-state index in [1.54, 1.807) is 13.0 Å². The number of carbonyl (C=O) groups is 2. The molecule has 1 aromatic carbocycles. The molecule has 0 spiro atoms. The van der Waals surface area contributed by atoms with E-state index in [4.69, 9.17) is 5.11 Å². The van der Waals surface area contributed by atoms with Crippen molar-refractivity contribution < 1.29 is 14.7 Å². The zero-order chi connectivity index (χ0) is 14.3. The van der Waals surface area contributed by atoms with Gasteiger partial charge in [-0.15, -0.1) is 10.2 Å². The van der Waals surface area contributed by atoms with E-state index < -0.39 is 5.97 Å². The molecule has 0 fully saturated rings. The van der Waals surface area contributed by atoms with Gasteiger partial charge in [-0.25, -0.2) is 4.79 Å². The molecule has 100 valence electrons. The highest BCUT2D eigenvalue weighted by Gasteiger charge is 2.18. The van der Waals surface area contributed by atoms with Gasteiger partial charge in [-0.2, -0.15) is 0 Å². The van der Waals surface area contributed by atoms with E-state index in [1.807, 2.05) is 18.2 Å². The molecule has 1 amide bonds. The van der Waals surface area contributed by atoms with Gasteiger partial charge < -0.3 is 10.4 Å². The smallest absolute Gasteiger partial charge is 0.356 e. The van der Waals surface area contributed by atoms with E-state index in [1.165, 1.54) is 0 Å². The number of hydrogen-bond acceptors (Lipinski definition) is 4. The number of carboxylic acid groups (broad SMARTS) is 1. The van der Waals surface area contributed by atoms with E-state index in [-0.39, 0.29) is 11.6 Å². The van der Waals surface area contributed by atoms with E-state index in [0.29, 0.717) is 17.7 Å². The van der Waals surface area contributed by atoms with Gasteiger partial charge >= 0.3 is 5.97 Å². The Morgan fingerprint density at radius 2 is 2.10 bits per heavy atom. The Morgan fingerprint density at radius 1 is 1.30 bits per heavy atom. The summed E-state index contributed by atoms with van der Waals surface area (Å²) in [6.45, 7) is 1.68. The van der Waals surface area contributed by atoms with Crippen LogP contribution in [0, 0.1) is 6.92 Å². The molecule has 0 saturated heterocycles. The van der Waals surface area contributed by atoms with Crippen molar-refractivity contribution in [2.45, 2.75) is 13.3 Å². The molecule has 0 unspecified atom stereocenters. The van der Waals surface area contributed by atoms with Crippen molar-refractivity contribution in [2.75, 3.05) is 5.32 Å². The van der Waals surface area contributed by atoms with Crippen molar-refractivity contribution in [2.24, 2.45) is 0 Å². The summed E-state index contributed by atoms with van der Waals surface area (Å²) in [5, 5.41) is 19.4. The van der Waals surface area contributed by atoms with Gasteiger partial charge in [0.05, 0.1) is 12.1 Å². The first-order valence-electron chi connectivity index (χ1n) is 6.05. The van der Waals surface area contributed by atoms with Gasteiger partial charge in [-0.3, -0.25) is 4.79 Å². The van der Waals surface area contributed by atoms with Crippen LogP contribution in [0.15, 0.2) is 24.3 Å². The molecule has 2 N–H and O–H groups in total. The molecule has 0 radical (unpaired) electrons. The lowest BCUT2D eigenvalue weighted by molar-refractivity contribution is -0.115. The topological polar surface area (TPSA) is 92.2 Å². The standard InChI is InChI=1S/C14H11N3O3/c1-7-4-11(16-17-13(7)14(19)20)8-2-3-10-9(5-8)6-12(18)15-10/h2-5H,6H2,1H3,(H,15,18)(H,19,20). The number of fused-ring (bicyclic) bond motifs is 1. The van der Waals surface area contributed by atoms with Crippen LogP contribution in [-0.2, 0) is 11.2 Å². The first kappa shape index (κ1) is 12.3. The minimum Gasteiger partial charge on any atom is -0.476 e. The Hall–Kier alpha value is -2.76. The number of amides is 1. The Labute approximate surface area is 114 Å². The third kappa shape index (κ3) is 2.01. The predicted molar refractivity (Wildman–Crippen MR) is 71.5 cm³/mol. The predicted octanol–water partition coefficient (Wildman–Crippen LogP) is 1.64. The number of nitrogens with one attached hydrogen (secondary N) is 1. The van der Waals surface area contributed by atoms with Crippen LogP contribution >= 0.6 is 0 Å². The van der Waals surface area contributed by atoms with Gasteiger partial charge in [0.1, 0.15) is 0 Å². The molecule has 2 heterocycles. The van der Waals surface area contributed by atoms with Crippen molar-refractivity contribution in [3.63, 3.8) is 0 Å². The quantitative estimate of drug-likeness (QED) is 0.864. The summed E-state index contributed by atoms with van der Waals surface area (Å²) >= 11 is 0. The van der Waals surface area contributed by atoms with Crippen LogP contribution in [-0.4, -0.2) is 27.2 Å². The average molecular weight is 269 g/mol. The number of hydrogen-bond donors (Lipinski definition) is 2. The minimum atomic E-state index is -1.09. The maximum Gasteiger partial charge on any atom is 0.356 e. The number of carboxylic acids is 1. The molecule has 6 nitrogen and oxygen atoms in total. The van der Waals surface area contributed by atoms with Crippen LogP contribution in [0.5, 0.6) is 0 Å². The highest BCUT2D eigenvalue weighted by Crippen LogP contribution is 2.28. The van der Waals surface area contributed by atoms with Gasteiger partial charge in [0.2, 0.25) is 5.91 Å². The lowest BCUT2D eigenvalue weighted by Crippen LogP contribution is -2.05. The second-order valence-electron chi connectivity index (χ2n) is 4.66. The molecule has 3 rings (SSSR count). The number of aromatic nitrogens is 2. The summed E-state index contributed by atoms with van der Waals surface area (Å²) in [5.41, 5.74) is 3.63. The molecule has 0 bridgehead atoms. The molecule has 1 aliphatic rings. The Bertz CT molecular complexity index is 740. The fourth-order valence-electron chi connectivity index (χ4n) is 2.23. The zero-order valence-corrected chi connectivity index (χ0v) is 10.7. The monoisotopic (exact) mass is 269 g/mol. The number of aryl methyl sites for hydroxylation is 1. The van der Waals surface area contributed by atoms with E-state index >= 15 is 0 Å². The molecule has 6 heteroatoms. The fraction of sp³-hybridized carbons (Fsp3) is 0.143. The third-order valence-electron chi connectivity index (χ3n) is 3.21. The number of aromatic carboxylic acids is 1. The summed E-state index contributed by atoms with van der Waals surface area (Å²) < 4.78 is 0. The van der Waals surface area contributed by atoms with Crippen molar-refractivity contribution >= 4 is 17.6 Å². The van der Waals surface area contributed by atoms with Crippen LogP contribution in [0.2, 0.25) is 0 Å². The molecule has 0 saturated carbocycles. The SMILES string of the molecule is Cc1cc(-c2ccc3c(c2)CC(=O)N3)nnc1C(=O)O. The van der Waals surface area contributed by atoms with Gasteiger partial charge in [0.25, 0.3) is 0 Å². The minimum absolute atomic E-state index is 0.0272. The maximum atomic E-state index is 11.3. The van der Waals surface area contributed by atoms with Gasteiger partial charge in [-0.05, 0) is 36.2 Å². The van der Waals surface area contributed by atoms with E-state index in [0.717, 1.165) is 16.8 Å². The van der Waals surface area contributed by atoms with Crippen LogP contribution in [0.3, 0.4) is 0 Å². The fourth-order valence-corrected chi connectivity index (χ4v) is 2.23. The number of anilines is 1. The molecular weight excluding hydrogens is 258 g/mol. The maximum absolute atomic E-state index is 11.3. The lowest BCUT2D eigenvalue weighted by atomic mass is 10.0. The summed E-state index contributed by atoms with van der Waals surface area (Å²) in [6.07, 6.45) is 0.350. The van der Waals surface area contributed by atoms with Crippen LogP contribution < -0.4 is 5.32 Å². The molecule has 1 aliphatic heterocycles. The zero-order valence-electron chi connectivity index (χ0n) is 10.7. The first-order chi connectivity index (χ1) is 9.54. The lowest BCUT2D eigenvalue weighted by Gasteiger charge is -2.05. The van der Waals surface area contributed by atoms with Gasteiger partial charge in [0, 0.05) is 11.3 Å². The first-order valence-corrected chi connectivity index (χ1v) is 6.05. The van der Waals surface area contributed by atoms with Gasteiger partial charge in [0.15, 0.2) is 5.69 Å². The number of rotatable bonds is 2. The molecule has 20 heavy (non-hydrogen) atoms. The van der Waals surface area contributed by atoms with Crippen molar-refractivity contribution in [3.05, 3.63) is 41.1 Å². The number of benzene rings is 1. The Balaban J connectivity index is 2.02. The number of nitrogens with zero attached hydrogens (tertiary/aromatic N) is 2. The highest BCUT2D eigenvalue weighted by molar-refractivity contribution is 5.99. The Kier molecular flexibility index (Phi) is 2.71. The summed E-state index contributed by atoms with van der Waals surface area (Å²) in [5.74, 6) is -1.12. The van der Waals surface area contributed by atoms with Crippen molar-refractivity contribution in [3.8, 4) is 11.3 Å². The molecule has 2 aromatic rings. The second kappa shape index (κ2) is 4.41. The normalized spacial score (nSPS) is 12.9. The Morgan fingerprint density at radius 3 is 2.80 bits per heavy atom. The third-order valence-corrected chi connectivity index (χ3v) is 3.21. The van der Waals surface area contributed by atoms with Crippen LogP contribution in [0.1, 0.15) is 21.6 Å². The molecule has 0 aliphatic carbocycles. The largest absolute Gasteiger partial charge is 0.476 e. The summed E-state index contributed by atoms with van der Waals surface area (Å²) in [6, 6.07) is 7.20. The van der Waals surface area contributed by atoms with E-state index in [2.05, 4.69) is 15.5 Å².